The van der Waals surface area contributed by atoms with Crippen LogP contribution in [0.25, 0.3) is 0 Å². The first-order chi connectivity index (χ1) is 9.65. The first kappa shape index (κ1) is 14.9. The Kier molecular flexibility index (Phi) is 5.03. The minimum absolute atomic E-state index is 0.140. The molecule has 1 aliphatic rings. The molecule has 6 heteroatoms. The van der Waals surface area contributed by atoms with Gasteiger partial charge in [-0.25, -0.2) is 0 Å². The Bertz CT molecular complexity index is 490. The lowest BCUT2D eigenvalue weighted by Crippen LogP contribution is -2.36. The van der Waals surface area contributed by atoms with Gasteiger partial charge in [0.1, 0.15) is 5.75 Å². The fourth-order valence-corrected chi connectivity index (χ4v) is 3.12. The Labute approximate surface area is 122 Å². The molecule has 1 fully saturated rings. The van der Waals surface area contributed by atoms with Crippen LogP contribution in [-0.2, 0) is 11.2 Å². The maximum Gasteiger partial charge on any atom is 0.289 e. The van der Waals surface area contributed by atoms with Gasteiger partial charge in [-0.05, 0) is 31.0 Å². The van der Waals surface area contributed by atoms with E-state index in [1.165, 1.54) is 4.90 Å². The number of ether oxygens (including phenoxy) is 1. The highest BCUT2D eigenvalue weighted by Gasteiger charge is 2.38. The number of benzene rings is 1. The average molecular weight is 294 g/mol. The summed E-state index contributed by atoms with van der Waals surface area (Å²) in [6.07, 6.45) is 0.544. The molecule has 0 spiro atoms. The molecule has 1 aromatic carbocycles. The maximum atomic E-state index is 12.1. The number of nitrogens with zero attached hydrogens (tertiary/aromatic N) is 1. The second kappa shape index (κ2) is 6.76. The number of rotatable bonds is 6. The zero-order chi connectivity index (χ0) is 14.5. The van der Waals surface area contributed by atoms with E-state index in [9.17, 15) is 9.59 Å². The van der Waals surface area contributed by atoms with Crippen molar-refractivity contribution in [3.8, 4) is 5.75 Å². The smallest absolute Gasteiger partial charge is 0.289 e. The molecule has 1 unspecified atom stereocenters. The quantitative estimate of drug-likeness (QED) is 0.863. The monoisotopic (exact) mass is 294 g/mol. The summed E-state index contributed by atoms with van der Waals surface area (Å²) >= 11 is 1.08. The van der Waals surface area contributed by atoms with Crippen LogP contribution in [0.4, 0.5) is 4.79 Å². The number of amides is 2. The van der Waals surface area contributed by atoms with Crippen LogP contribution in [0, 0.1) is 0 Å². The largest absolute Gasteiger partial charge is 0.494 e. The van der Waals surface area contributed by atoms with Crippen molar-refractivity contribution >= 4 is 22.9 Å². The maximum absolute atomic E-state index is 12.1. The number of imide groups is 1. The molecule has 1 aliphatic heterocycles. The van der Waals surface area contributed by atoms with E-state index in [-0.39, 0.29) is 16.4 Å². The highest BCUT2D eigenvalue weighted by Crippen LogP contribution is 2.29. The lowest BCUT2D eigenvalue weighted by atomic mass is 10.1. The molecule has 0 saturated carbocycles. The number of carbonyl (C=O) groups excluding carboxylic acids is 2. The fourth-order valence-electron chi connectivity index (χ4n) is 2.06. The second-order valence-corrected chi connectivity index (χ2v) is 5.59. The zero-order valence-corrected chi connectivity index (χ0v) is 12.2. The molecule has 0 radical (unpaired) electrons. The lowest BCUT2D eigenvalue weighted by Gasteiger charge is -2.12. The first-order valence-electron chi connectivity index (χ1n) is 6.59. The fraction of sp³-hybridized carbons (Fsp3) is 0.429. The van der Waals surface area contributed by atoms with Crippen LogP contribution in [0.1, 0.15) is 12.5 Å². The highest BCUT2D eigenvalue weighted by molar-refractivity contribution is 8.15. The molecule has 1 saturated heterocycles. The van der Waals surface area contributed by atoms with E-state index in [1.807, 2.05) is 31.2 Å². The third kappa shape index (κ3) is 3.32. The van der Waals surface area contributed by atoms with Crippen molar-refractivity contribution in [1.82, 2.24) is 4.90 Å². The van der Waals surface area contributed by atoms with E-state index < -0.39 is 0 Å². The lowest BCUT2D eigenvalue weighted by molar-refractivity contribution is -0.126. The van der Waals surface area contributed by atoms with Gasteiger partial charge < -0.3 is 10.5 Å². The van der Waals surface area contributed by atoms with Gasteiger partial charge in [-0.3, -0.25) is 14.5 Å². The van der Waals surface area contributed by atoms with Crippen LogP contribution < -0.4 is 10.5 Å². The highest BCUT2D eigenvalue weighted by atomic mass is 32.2. The van der Waals surface area contributed by atoms with Gasteiger partial charge in [0.05, 0.1) is 11.9 Å². The third-order valence-corrected chi connectivity index (χ3v) is 4.09. The van der Waals surface area contributed by atoms with E-state index in [2.05, 4.69) is 0 Å². The molecule has 2 amide bonds. The van der Waals surface area contributed by atoms with Crippen molar-refractivity contribution in [3.05, 3.63) is 29.8 Å². The van der Waals surface area contributed by atoms with Crippen LogP contribution in [0.15, 0.2) is 24.3 Å². The number of carbonyl (C=O) groups is 2. The summed E-state index contributed by atoms with van der Waals surface area (Å²) in [6.45, 7) is 3.15. The molecule has 1 heterocycles. The Morgan fingerprint density at radius 2 is 2.00 bits per heavy atom. The van der Waals surface area contributed by atoms with Crippen molar-refractivity contribution < 1.29 is 14.3 Å². The molecule has 0 aromatic heterocycles. The molecule has 1 aromatic rings. The molecular formula is C14H18N2O3S. The van der Waals surface area contributed by atoms with Crippen LogP contribution in [-0.4, -0.2) is 41.0 Å². The summed E-state index contributed by atoms with van der Waals surface area (Å²) in [7, 11) is 0. The van der Waals surface area contributed by atoms with E-state index in [0.717, 1.165) is 23.1 Å². The third-order valence-electron chi connectivity index (χ3n) is 3.01. The van der Waals surface area contributed by atoms with Gasteiger partial charge >= 0.3 is 0 Å². The Balaban J connectivity index is 2.00. The molecular weight excluding hydrogens is 276 g/mol. The Hall–Kier alpha value is -1.53. The second-order valence-electron chi connectivity index (χ2n) is 4.43. The Morgan fingerprint density at radius 1 is 1.30 bits per heavy atom. The molecule has 20 heavy (non-hydrogen) atoms. The molecule has 1 atom stereocenters. The predicted octanol–water partition coefficient (Wildman–Crippen LogP) is 1.65. The minimum atomic E-state index is -0.341. The molecule has 108 valence electrons. The van der Waals surface area contributed by atoms with Crippen molar-refractivity contribution in [3.63, 3.8) is 0 Å². The summed E-state index contributed by atoms with van der Waals surface area (Å²) in [5, 5.41) is -0.539. The number of hydrogen-bond donors (Lipinski definition) is 1. The van der Waals surface area contributed by atoms with Crippen molar-refractivity contribution in [1.29, 1.82) is 0 Å². The van der Waals surface area contributed by atoms with Crippen molar-refractivity contribution in [2.75, 3.05) is 19.7 Å². The van der Waals surface area contributed by atoms with Crippen molar-refractivity contribution in [2.45, 2.75) is 18.6 Å². The van der Waals surface area contributed by atoms with Gasteiger partial charge in [0.2, 0.25) is 5.91 Å². The van der Waals surface area contributed by atoms with Gasteiger partial charge in [-0.2, -0.15) is 0 Å². The molecule has 2 N–H and O–H groups in total. The normalized spacial score (nSPS) is 18.7. The average Bonchev–Trinajstić information content (AvgIpc) is 2.69. The molecule has 2 rings (SSSR count). The van der Waals surface area contributed by atoms with Crippen LogP contribution in [0.5, 0.6) is 5.75 Å². The Morgan fingerprint density at radius 3 is 2.60 bits per heavy atom. The topological polar surface area (TPSA) is 72.6 Å². The van der Waals surface area contributed by atoms with Gasteiger partial charge in [-0.15, -0.1) is 0 Å². The molecule has 0 bridgehead atoms. The number of nitrogens with two attached hydrogens (primary N) is 1. The first-order valence-corrected chi connectivity index (χ1v) is 7.47. The molecule has 0 aliphatic carbocycles. The van der Waals surface area contributed by atoms with Gasteiger partial charge in [0.25, 0.3) is 5.24 Å². The van der Waals surface area contributed by atoms with E-state index in [0.29, 0.717) is 26.1 Å². The van der Waals surface area contributed by atoms with Crippen LogP contribution in [0.3, 0.4) is 0 Å². The van der Waals surface area contributed by atoms with Gasteiger partial charge in [0, 0.05) is 13.1 Å². The number of thioether (sulfide) groups is 1. The number of hydrogen-bond acceptors (Lipinski definition) is 5. The van der Waals surface area contributed by atoms with Gasteiger partial charge in [-0.1, -0.05) is 23.9 Å². The molecule has 5 nitrogen and oxygen atoms in total. The standard InChI is InChI=1S/C14H18N2O3S/c1-2-19-11-5-3-10(4-6-11)9-12-13(17)16(8-7-15)14(18)20-12/h3-6,12H,2,7-9,15H2,1H3. The summed E-state index contributed by atoms with van der Waals surface area (Å²) in [5.41, 5.74) is 6.42. The van der Waals surface area contributed by atoms with E-state index in [4.69, 9.17) is 10.5 Å². The van der Waals surface area contributed by atoms with Gasteiger partial charge in [0.15, 0.2) is 0 Å². The summed E-state index contributed by atoms with van der Waals surface area (Å²) in [6, 6.07) is 7.61. The summed E-state index contributed by atoms with van der Waals surface area (Å²) in [4.78, 5) is 25.0. The van der Waals surface area contributed by atoms with Crippen LogP contribution >= 0.6 is 11.8 Å². The SMILES string of the molecule is CCOc1ccc(CC2SC(=O)N(CCN)C2=O)cc1. The minimum Gasteiger partial charge on any atom is -0.494 e. The zero-order valence-electron chi connectivity index (χ0n) is 11.4. The summed E-state index contributed by atoms with van der Waals surface area (Å²) in [5.74, 6) is 0.668. The van der Waals surface area contributed by atoms with E-state index >= 15 is 0 Å². The summed E-state index contributed by atoms with van der Waals surface area (Å²) < 4.78 is 5.37. The predicted molar refractivity (Wildman–Crippen MR) is 78.9 cm³/mol. The van der Waals surface area contributed by atoms with E-state index in [1.54, 1.807) is 0 Å². The van der Waals surface area contributed by atoms with Crippen molar-refractivity contribution in [2.24, 2.45) is 5.73 Å². The van der Waals surface area contributed by atoms with Crippen LogP contribution in [0.2, 0.25) is 0 Å².